The number of hydrogen-bond donors (Lipinski definition) is 1. The molecule has 1 aliphatic rings. The Morgan fingerprint density at radius 1 is 1.47 bits per heavy atom. The van der Waals surface area contributed by atoms with Crippen molar-refractivity contribution in [1.82, 2.24) is 20.4 Å². The zero-order chi connectivity index (χ0) is 11.7. The maximum atomic E-state index is 5.26. The van der Waals surface area contributed by atoms with Gasteiger partial charge in [-0.3, -0.25) is 4.98 Å². The second-order valence-electron chi connectivity index (χ2n) is 4.43. The summed E-state index contributed by atoms with van der Waals surface area (Å²) in [7, 11) is 0. The Morgan fingerprint density at radius 2 is 2.35 bits per heavy atom. The molecule has 0 radical (unpaired) electrons. The summed E-state index contributed by atoms with van der Waals surface area (Å²) in [6.45, 7) is 4.11. The van der Waals surface area contributed by atoms with E-state index in [1.807, 2.05) is 13.0 Å². The SMILES string of the molecule is Cc1ccncc1-c1noc(CC2CNC2)n1. The fourth-order valence-corrected chi connectivity index (χ4v) is 1.89. The van der Waals surface area contributed by atoms with Crippen LogP contribution >= 0.6 is 0 Å². The number of aryl methyl sites for hydroxylation is 1. The molecule has 17 heavy (non-hydrogen) atoms. The van der Waals surface area contributed by atoms with Gasteiger partial charge in [-0.05, 0) is 37.6 Å². The standard InChI is InChI=1S/C12H14N4O/c1-8-2-3-13-7-10(8)12-15-11(17-16-12)4-9-5-14-6-9/h2-3,7,9,14H,4-6H2,1H3. The Hall–Kier alpha value is -1.75. The molecule has 1 saturated heterocycles. The van der Waals surface area contributed by atoms with Gasteiger partial charge in [0.2, 0.25) is 11.7 Å². The van der Waals surface area contributed by atoms with E-state index in [4.69, 9.17) is 4.52 Å². The average molecular weight is 230 g/mol. The largest absolute Gasteiger partial charge is 0.339 e. The second-order valence-corrected chi connectivity index (χ2v) is 4.43. The van der Waals surface area contributed by atoms with Crippen LogP contribution < -0.4 is 5.32 Å². The molecule has 5 nitrogen and oxygen atoms in total. The maximum Gasteiger partial charge on any atom is 0.227 e. The van der Waals surface area contributed by atoms with Crippen LogP contribution in [0, 0.1) is 12.8 Å². The van der Waals surface area contributed by atoms with Crippen LogP contribution in [0.15, 0.2) is 23.0 Å². The number of aromatic nitrogens is 3. The van der Waals surface area contributed by atoms with Crippen LogP contribution in [0.5, 0.6) is 0 Å². The highest BCUT2D eigenvalue weighted by molar-refractivity contribution is 5.57. The van der Waals surface area contributed by atoms with Crippen LogP contribution in [0.1, 0.15) is 11.5 Å². The summed E-state index contributed by atoms with van der Waals surface area (Å²) in [4.78, 5) is 8.51. The lowest BCUT2D eigenvalue weighted by Gasteiger charge is -2.25. The van der Waals surface area contributed by atoms with Crippen LogP contribution in [0.4, 0.5) is 0 Å². The van der Waals surface area contributed by atoms with Crippen molar-refractivity contribution >= 4 is 0 Å². The molecule has 3 rings (SSSR count). The summed E-state index contributed by atoms with van der Waals surface area (Å²) in [5, 5.41) is 7.24. The van der Waals surface area contributed by atoms with Crippen molar-refractivity contribution in [2.24, 2.45) is 5.92 Å². The number of nitrogens with zero attached hydrogens (tertiary/aromatic N) is 3. The molecule has 0 saturated carbocycles. The summed E-state index contributed by atoms with van der Waals surface area (Å²) >= 11 is 0. The van der Waals surface area contributed by atoms with E-state index in [2.05, 4.69) is 20.4 Å². The Bertz CT molecular complexity index is 519. The van der Waals surface area contributed by atoms with Crippen molar-refractivity contribution in [3.05, 3.63) is 29.9 Å². The number of rotatable bonds is 3. The topological polar surface area (TPSA) is 63.8 Å². The van der Waals surface area contributed by atoms with Gasteiger partial charge in [-0.1, -0.05) is 5.16 Å². The number of hydrogen-bond acceptors (Lipinski definition) is 5. The molecule has 2 aromatic heterocycles. The lowest BCUT2D eigenvalue weighted by atomic mass is 10.00. The van der Waals surface area contributed by atoms with Crippen molar-refractivity contribution in [1.29, 1.82) is 0 Å². The highest BCUT2D eigenvalue weighted by Gasteiger charge is 2.20. The van der Waals surface area contributed by atoms with Gasteiger partial charge in [0.15, 0.2) is 0 Å². The number of nitrogens with one attached hydrogen (secondary N) is 1. The van der Waals surface area contributed by atoms with E-state index >= 15 is 0 Å². The highest BCUT2D eigenvalue weighted by atomic mass is 16.5. The van der Waals surface area contributed by atoms with E-state index in [0.29, 0.717) is 11.7 Å². The monoisotopic (exact) mass is 230 g/mol. The first-order valence-corrected chi connectivity index (χ1v) is 5.77. The minimum Gasteiger partial charge on any atom is -0.339 e. The molecule has 88 valence electrons. The average Bonchev–Trinajstić information content (AvgIpc) is 2.73. The van der Waals surface area contributed by atoms with Crippen molar-refractivity contribution < 1.29 is 4.52 Å². The van der Waals surface area contributed by atoms with Gasteiger partial charge in [0.25, 0.3) is 0 Å². The predicted molar refractivity (Wildman–Crippen MR) is 62.3 cm³/mol. The molecular weight excluding hydrogens is 216 g/mol. The van der Waals surface area contributed by atoms with Gasteiger partial charge >= 0.3 is 0 Å². The first kappa shape index (κ1) is 10.4. The maximum absolute atomic E-state index is 5.26. The Labute approximate surface area is 99.3 Å². The summed E-state index contributed by atoms with van der Waals surface area (Å²) in [5.74, 6) is 1.99. The van der Waals surface area contributed by atoms with Crippen LogP contribution in [-0.4, -0.2) is 28.2 Å². The zero-order valence-corrected chi connectivity index (χ0v) is 9.68. The van der Waals surface area contributed by atoms with Crippen molar-refractivity contribution in [3.8, 4) is 11.4 Å². The molecule has 0 unspecified atom stereocenters. The molecule has 5 heteroatoms. The van der Waals surface area contributed by atoms with Crippen molar-refractivity contribution in [3.63, 3.8) is 0 Å². The normalized spacial score (nSPS) is 15.8. The first-order chi connectivity index (χ1) is 8.33. The van der Waals surface area contributed by atoms with Crippen LogP contribution in [0.25, 0.3) is 11.4 Å². The Kier molecular flexibility index (Phi) is 2.60. The minimum atomic E-state index is 0.637. The lowest BCUT2D eigenvalue weighted by Crippen LogP contribution is -2.43. The summed E-state index contributed by atoms with van der Waals surface area (Å²) in [6, 6.07) is 1.95. The molecule has 3 heterocycles. The van der Waals surface area contributed by atoms with E-state index in [-0.39, 0.29) is 0 Å². The fourth-order valence-electron chi connectivity index (χ4n) is 1.89. The van der Waals surface area contributed by atoms with Gasteiger partial charge in [0, 0.05) is 24.4 Å². The lowest BCUT2D eigenvalue weighted by molar-refractivity contribution is 0.296. The van der Waals surface area contributed by atoms with Gasteiger partial charge in [-0.15, -0.1) is 0 Å². The first-order valence-electron chi connectivity index (χ1n) is 5.77. The fraction of sp³-hybridized carbons (Fsp3) is 0.417. The highest BCUT2D eigenvalue weighted by Crippen LogP contribution is 2.20. The molecule has 0 spiro atoms. The molecule has 2 aromatic rings. The quantitative estimate of drug-likeness (QED) is 0.858. The third-order valence-corrected chi connectivity index (χ3v) is 3.08. The molecule has 0 aromatic carbocycles. The summed E-state index contributed by atoms with van der Waals surface area (Å²) in [5.41, 5.74) is 2.05. The van der Waals surface area contributed by atoms with Gasteiger partial charge in [-0.2, -0.15) is 4.98 Å². The van der Waals surface area contributed by atoms with Gasteiger partial charge < -0.3 is 9.84 Å². The van der Waals surface area contributed by atoms with Gasteiger partial charge in [-0.25, -0.2) is 0 Å². The van der Waals surface area contributed by atoms with Crippen molar-refractivity contribution in [2.75, 3.05) is 13.1 Å². The Morgan fingerprint density at radius 3 is 3.06 bits per heavy atom. The summed E-state index contributed by atoms with van der Waals surface area (Å²) in [6.07, 6.45) is 4.40. The minimum absolute atomic E-state index is 0.637. The number of pyridine rings is 1. The van der Waals surface area contributed by atoms with E-state index < -0.39 is 0 Å². The van der Waals surface area contributed by atoms with E-state index in [0.717, 1.165) is 36.5 Å². The van der Waals surface area contributed by atoms with E-state index in [1.54, 1.807) is 12.4 Å². The molecular formula is C12H14N4O. The van der Waals surface area contributed by atoms with Crippen LogP contribution in [0.2, 0.25) is 0 Å². The van der Waals surface area contributed by atoms with Crippen LogP contribution in [-0.2, 0) is 6.42 Å². The third-order valence-electron chi connectivity index (χ3n) is 3.08. The smallest absolute Gasteiger partial charge is 0.227 e. The molecule has 0 atom stereocenters. The summed E-state index contributed by atoms with van der Waals surface area (Å²) < 4.78 is 5.26. The van der Waals surface area contributed by atoms with Crippen molar-refractivity contribution in [2.45, 2.75) is 13.3 Å². The van der Waals surface area contributed by atoms with Gasteiger partial charge in [0.05, 0.1) is 0 Å². The molecule has 1 aliphatic heterocycles. The predicted octanol–water partition coefficient (Wildman–Crippen LogP) is 1.20. The molecule has 0 amide bonds. The Balaban J connectivity index is 1.82. The molecule has 1 fully saturated rings. The molecule has 0 aliphatic carbocycles. The van der Waals surface area contributed by atoms with E-state index in [1.165, 1.54) is 0 Å². The third kappa shape index (κ3) is 2.06. The molecule has 0 bridgehead atoms. The zero-order valence-electron chi connectivity index (χ0n) is 9.68. The van der Waals surface area contributed by atoms with E-state index in [9.17, 15) is 0 Å². The second kappa shape index (κ2) is 4.25. The van der Waals surface area contributed by atoms with Crippen LogP contribution in [0.3, 0.4) is 0 Å². The molecule has 1 N–H and O–H groups in total. The van der Waals surface area contributed by atoms with Gasteiger partial charge in [0.1, 0.15) is 0 Å².